The third-order valence-corrected chi connectivity index (χ3v) is 4.49. The number of benzene rings is 3. The summed E-state index contributed by atoms with van der Waals surface area (Å²) in [6.07, 6.45) is 1.30. The van der Waals surface area contributed by atoms with E-state index in [0.717, 1.165) is 31.9 Å². The molecule has 0 heterocycles. The van der Waals surface area contributed by atoms with E-state index in [1.807, 2.05) is 18.2 Å². The van der Waals surface area contributed by atoms with Gasteiger partial charge in [0, 0.05) is 18.7 Å². The zero-order valence-electron chi connectivity index (χ0n) is 16.7. The van der Waals surface area contributed by atoms with Crippen molar-refractivity contribution in [2.75, 3.05) is 13.2 Å². The number of fused-ring (bicyclic) bond motifs is 1. The predicted molar refractivity (Wildman–Crippen MR) is 119 cm³/mol. The van der Waals surface area contributed by atoms with Crippen LogP contribution in [-0.2, 0) is 17.9 Å². The molecule has 150 valence electrons. The van der Waals surface area contributed by atoms with E-state index in [0.29, 0.717) is 12.7 Å². The summed E-state index contributed by atoms with van der Waals surface area (Å²) in [5, 5.41) is 6.03. The fraction of sp³-hybridized carbons (Fsp3) is 0.333. The molecular weight excluding hydrogens is 370 g/mol. The average molecular weight is 400 g/mol. The van der Waals surface area contributed by atoms with Crippen LogP contribution in [0.2, 0.25) is 0 Å². The molecule has 0 saturated carbocycles. The molecule has 0 bridgehead atoms. The molecule has 0 radical (unpaired) electrons. The largest absolute Gasteiger partial charge is 0.489 e. The van der Waals surface area contributed by atoms with E-state index in [-0.39, 0.29) is 12.4 Å². The Balaban J connectivity index is 0.00000280. The van der Waals surface area contributed by atoms with Crippen molar-refractivity contribution >= 4 is 23.2 Å². The number of hydrogen-bond donors (Lipinski definition) is 1. The van der Waals surface area contributed by atoms with Crippen LogP contribution in [0.5, 0.6) is 5.75 Å². The molecule has 28 heavy (non-hydrogen) atoms. The van der Waals surface area contributed by atoms with E-state index in [9.17, 15) is 0 Å². The van der Waals surface area contributed by atoms with Crippen LogP contribution in [-0.4, -0.2) is 19.3 Å². The Morgan fingerprint density at radius 2 is 1.64 bits per heavy atom. The van der Waals surface area contributed by atoms with Gasteiger partial charge in [0.1, 0.15) is 12.4 Å². The Morgan fingerprint density at radius 3 is 2.43 bits per heavy atom. The Kier molecular flexibility index (Phi) is 9.29. The lowest BCUT2D eigenvalue weighted by Gasteiger charge is -2.15. The van der Waals surface area contributed by atoms with Crippen LogP contribution in [0.3, 0.4) is 0 Å². The van der Waals surface area contributed by atoms with Crippen molar-refractivity contribution in [2.24, 2.45) is 0 Å². The van der Waals surface area contributed by atoms with Gasteiger partial charge in [-0.2, -0.15) is 0 Å². The molecule has 1 N–H and O–H groups in total. The molecule has 0 aliphatic carbocycles. The third-order valence-electron chi connectivity index (χ3n) is 4.49. The summed E-state index contributed by atoms with van der Waals surface area (Å²) in [5.41, 5.74) is 2.39. The summed E-state index contributed by atoms with van der Waals surface area (Å²) in [6.45, 7) is 7.22. The second-order valence-electron chi connectivity index (χ2n) is 6.99. The monoisotopic (exact) mass is 399 g/mol. The maximum absolute atomic E-state index is 6.18. The molecule has 3 aromatic carbocycles. The predicted octanol–water partition coefficient (Wildman–Crippen LogP) is 5.75. The molecule has 0 spiro atoms. The van der Waals surface area contributed by atoms with Crippen molar-refractivity contribution in [1.29, 1.82) is 0 Å². The molecule has 3 aromatic rings. The van der Waals surface area contributed by atoms with E-state index in [2.05, 4.69) is 67.7 Å². The van der Waals surface area contributed by atoms with Gasteiger partial charge in [0.05, 0.1) is 6.10 Å². The lowest BCUT2D eigenvalue weighted by molar-refractivity contribution is 0.0770. The summed E-state index contributed by atoms with van der Waals surface area (Å²) < 4.78 is 11.8. The number of halogens is 1. The van der Waals surface area contributed by atoms with E-state index in [4.69, 9.17) is 9.47 Å². The van der Waals surface area contributed by atoms with Crippen LogP contribution in [0.4, 0.5) is 0 Å². The smallest absolute Gasteiger partial charge is 0.124 e. The zero-order chi connectivity index (χ0) is 18.9. The standard InChI is InChI=1S/C24H29NO2.ClH/c1-19(2)26-16-8-15-25-17-23-22-12-7-6-11-21(22)13-14-24(23)27-18-20-9-4-3-5-10-20;/h3-7,9-14,19,25H,8,15-18H2,1-2H3;1H. The number of rotatable bonds is 10. The summed E-state index contributed by atoms with van der Waals surface area (Å²) in [6, 6.07) is 23.0. The van der Waals surface area contributed by atoms with Gasteiger partial charge in [0.25, 0.3) is 0 Å². The highest BCUT2D eigenvalue weighted by molar-refractivity contribution is 5.87. The second kappa shape index (κ2) is 11.7. The first kappa shape index (κ1) is 22.2. The molecule has 0 unspecified atom stereocenters. The highest BCUT2D eigenvalue weighted by Gasteiger charge is 2.09. The highest BCUT2D eigenvalue weighted by Crippen LogP contribution is 2.28. The van der Waals surface area contributed by atoms with Crippen molar-refractivity contribution < 1.29 is 9.47 Å². The minimum atomic E-state index is 0. The molecule has 3 rings (SSSR count). The SMILES string of the molecule is CC(C)OCCCNCc1c(OCc2ccccc2)ccc2ccccc12.Cl. The van der Waals surface area contributed by atoms with Gasteiger partial charge in [-0.1, -0.05) is 60.7 Å². The van der Waals surface area contributed by atoms with Crippen molar-refractivity contribution in [1.82, 2.24) is 5.32 Å². The van der Waals surface area contributed by atoms with Crippen LogP contribution in [0, 0.1) is 0 Å². The average Bonchev–Trinajstić information content (AvgIpc) is 2.70. The second-order valence-corrected chi connectivity index (χ2v) is 6.99. The van der Waals surface area contributed by atoms with Crippen LogP contribution in [0.1, 0.15) is 31.4 Å². The van der Waals surface area contributed by atoms with Crippen LogP contribution < -0.4 is 10.1 Å². The van der Waals surface area contributed by atoms with Crippen molar-refractivity contribution in [3.05, 3.63) is 77.9 Å². The molecule has 0 aliphatic heterocycles. The topological polar surface area (TPSA) is 30.5 Å². The van der Waals surface area contributed by atoms with Gasteiger partial charge >= 0.3 is 0 Å². The van der Waals surface area contributed by atoms with E-state index < -0.39 is 0 Å². The van der Waals surface area contributed by atoms with E-state index in [1.54, 1.807) is 0 Å². The highest BCUT2D eigenvalue weighted by atomic mass is 35.5. The van der Waals surface area contributed by atoms with E-state index >= 15 is 0 Å². The molecular formula is C24H30ClNO2. The zero-order valence-corrected chi connectivity index (χ0v) is 17.5. The first-order valence-corrected chi connectivity index (χ1v) is 9.73. The summed E-state index contributed by atoms with van der Waals surface area (Å²) in [5.74, 6) is 0.948. The normalized spacial score (nSPS) is 10.8. The Hall–Kier alpha value is -2.07. The van der Waals surface area contributed by atoms with Crippen LogP contribution in [0.25, 0.3) is 10.8 Å². The lowest BCUT2D eigenvalue weighted by Crippen LogP contribution is -2.18. The Labute approximate surface area is 174 Å². The fourth-order valence-electron chi connectivity index (χ4n) is 3.10. The first-order valence-electron chi connectivity index (χ1n) is 9.73. The number of nitrogens with one attached hydrogen (secondary N) is 1. The van der Waals surface area contributed by atoms with Crippen LogP contribution in [0.15, 0.2) is 66.7 Å². The van der Waals surface area contributed by atoms with Gasteiger partial charge < -0.3 is 14.8 Å². The Morgan fingerprint density at radius 1 is 0.893 bits per heavy atom. The molecule has 0 aromatic heterocycles. The van der Waals surface area contributed by atoms with Crippen LogP contribution >= 0.6 is 12.4 Å². The molecule has 3 nitrogen and oxygen atoms in total. The minimum Gasteiger partial charge on any atom is -0.489 e. The summed E-state index contributed by atoms with van der Waals surface area (Å²) >= 11 is 0. The first-order chi connectivity index (χ1) is 13.2. The maximum Gasteiger partial charge on any atom is 0.124 e. The quantitative estimate of drug-likeness (QED) is 0.440. The molecule has 4 heteroatoms. The van der Waals surface area contributed by atoms with Gasteiger partial charge in [0.15, 0.2) is 0 Å². The van der Waals surface area contributed by atoms with Crippen molar-refractivity contribution in [3.8, 4) is 5.75 Å². The van der Waals surface area contributed by atoms with E-state index in [1.165, 1.54) is 21.9 Å². The molecule has 0 saturated heterocycles. The van der Waals surface area contributed by atoms with Gasteiger partial charge in [-0.3, -0.25) is 0 Å². The lowest BCUT2D eigenvalue weighted by atomic mass is 10.0. The number of hydrogen-bond acceptors (Lipinski definition) is 3. The molecule has 0 aliphatic rings. The van der Waals surface area contributed by atoms with Crippen molar-refractivity contribution in [3.63, 3.8) is 0 Å². The van der Waals surface area contributed by atoms with Gasteiger partial charge in [-0.15, -0.1) is 12.4 Å². The van der Waals surface area contributed by atoms with Gasteiger partial charge in [-0.25, -0.2) is 0 Å². The molecule has 0 amide bonds. The van der Waals surface area contributed by atoms with Gasteiger partial charge in [0.2, 0.25) is 0 Å². The summed E-state index contributed by atoms with van der Waals surface area (Å²) in [7, 11) is 0. The van der Waals surface area contributed by atoms with Crippen molar-refractivity contribution in [2.45, 2.75) is 39.5 Å². The third kappa shape index (κ3) is 6.52. The molecule has 0 fully saturated rings. The summed E-state index contributed by atoms with van der Waals surface area (Å²) in [4.78, 5) is 0. The molecule has 0 atom stereocenters. The van der Waals surface area contributed by atoms with Gasteiger partial charge in [-0.05, 0) is 49.2 Å². The fourth-order valence-corrected chi connectivity index (χ4v) is 3.10. The number of ether oxygens (including phenoxy) is 2. The Bertz CT molecular complexity index is 836. The maximum atomic E-state index is 6.18. The minimum absolute atomic E-state index is 0.